The van der Waals surface area contributed by atoms with Gasteiger partial charge in [0.15, 0.2) is 0 Å². The van der Waals surface area contributed by atoms with Gasteiger partial charge in [0, 0.05) is 50.9 Å². The number of alkyl halides is 6. The minimum atomic E-state index is -5.18. The maximum Gasteiger partial charge on any atom is 0.418 e. The Morgan fingerprint density at radius 2 is 1.40 bits per heavy atom. The standard InChI is InChI=1S/C36H45F6N7O3/c37-35(38,39)27-19-22(20-28(31(27)43)36(40,41)42)21-30(32(50)47-14-7-24(8-15-47)23-5-12-44-13-6-23)46-33(51)48-16-10-26(11-17-48)49-18-9-25-3-1-2-4-29(25)45-34(49)52/h1-4,19-20,23-24,26,30,44H,5-18,21,43H2,(H,45,52)(H,46,51)/t30-/m1/s1. The smallest absolute Gasteiger partial charge is 0.398 e. The summed E-state index contributed by atoms with van der Waals surface area (Å²) in [6, 6.07) is 6.12. The van der Waals surface area contributed by atoms with Crippen LogP contribution in [0.1, 0.15) is 60.8 Å². The van der Waals surface area contributed by atoms with E-state index in [1.807, 2.05) is 24.3 Å². The van der Waals surface area contributed by atoms with Crippen LogP contribution in [-0.2, 0) is 30.0 Å². The second-order valence-electron chi connectivity index (χ2n) is 14.3. The van der Waals surface area contributed by atoms with E-state index in [9.17, 15) is 40.7 Å². The predicted molar refractivity (Wildman–Crippen MR) is 182 cm³/mol. The van der Waals surface area contributed by atoms with E-state index in [-0.39, 0.29) is 25.2 Å². The number of hydrogen-bond acceptors (Lipinski definition) is 5. The minimum Gasteiger partial charge on any atom is -0.398 e. The molecule has 5 amide bonds. The van der Waals surface area contributed by atoms with Crippen LogP contribution in [0.15, 0.2) is 36.4 Å². The summed E-state index contributed by atoms with van der Waals surface area (Å²) in [7, 11) is 0. The van der Waals surface area contributed by atoms with Crippen molar-refractivity contribution in [2.24, 2.45) is 11.8 Å². The maximum atomic E-state index is 14.0. The van der Waals surface area contributed by atoms with Gasteiger partial charge in [-0.2, -0.15) is 26.3 Å². The second-order valence-corrected chi connectivity index (χ2v) is 14.3. The van der Waals surface area contributed by atoms with Crippen LogP contribution in [-0.4, -0.2) is 90.6 Å². The number of fused-ring (bicyclic) bond motifs is 1. The summed E-state index contributed by atoms with van der Waals surface area (Å²) in [5, 5.41) is 8.96. The van der Waals surface area contributed by atoms with Crippen molar-refractivity contribution in [3.63, 3.8) is 0 Å². The number of carbonyl (C=O) groups is 3. The number of nitrogen functional groups attached to an aromatic ring is 1. The van der Waals surface area contributed by atoms with E-state index in [2.05, 4.69) is 16.0 Å². The van der Waals surface area contributed by atoms with Crippen molar-refractivity contribution >= 4 is 29.3 Å². The number of nitrogens with zero attached hydrogens (tertiary/aromatic N) is 3. The van der Waals surface area contributed by atoms with Gasteiger partial charge >= 0.3 is 24.4 Å². The van der Waals surface area contributed by atoms with Gasteiger partial charge in [-0.3, -0.25) is 4.79 Å². The normalized spacial score (nSPS) is 20.6. The molecule has 0 bridgehead atoms. The zero-order valence-corrected chi connectivity index (χ0v) is 28.8. The fourth-order valence-electron chi connectivity index (χ4n) is 8.22. The molecule has 2 aromatic rings. The van der Waals surface area contributed by atoms with Gasteiger partial charge in [-0.05, 0) is 99.2 Å². The summed E-state index contributed by atoms with van der Waals surface area (Å²) in [6.07, 6.45) is -5.91. The minimum absolute atomic E-state index is 0.159. The van der Waals surface area contributed by atoms with Crippen LogP contribution in [0.4, 0.5) is 47.3 Å². The van der Waals surface area contributed by atoms with Crippen molar-refractivity contribution in [3.05, 3.63) is 58.7 Å². The first-order valence-electron chi connectivity index (χ1n) is 18.0. The first kappa shape index (κ1) is 37.5. The SMILES string of the molecule is Nc1c(C(F)(F)F)cc(C[C@@H](NC(=O)N2CCC(N3CCc4ccccc4NC3=O)CC2)C(=O)N2CCC(C3CCNCC3)CC2)cc1C(F)(F)F. The molecule has 3 fully saturated rings. The highest BCUT2D eigenvalue weighted by Crippen LogP contribution is 2.42. The molecule has 0 aliphatic carbocycles. The first-order valence-corrected chi connectivity index (χ1v) is 18.0. The van der Waals surface area contributed by atoms with Crippen molar-refractivity contribution < 1.29 is 40.7 Å². The summed E-state index contributed by atoms with van der Waals surface area (Å²) in [6.45, 7) is 3.55. The monoisotopic (exact) mass is 737 g/mol. The fraction of sp³-hybridized carbons (Fsp3) is 0.583. The predicted octanol–water partition coefficient (Wildman–Crippen LogP) is 5.72. The third-order valence-corrected chi connectivity index (χ3v) is 11.1. The largest absolute Gasteiger partial charge is 0.418 e. The van der Waals surface area contributed by atoms with E-state index >= 15 is 0 Å². The molecule has 2 aromatic carbocycles. The van der Waals surface area contributed by atoms with E-state index in [0.717, 1.165) is 50.0 Å². The van der Waals surface area contributed by atoms with Crippen LogP contribution in [0.25, 0.3) is 0 Å². The lowest BCUT2D eigenvalue weighted by Crippen LogP contribution is -2.57. The van der Waals surface area contributed by atoms with Gasteiger partial charge in [-0.1, -0.05) is 18.2 Å². The molecule has 0 spiro atoms. The molecular formula is C36H45F6N7O3. The second kappa shape index (κ2) is 15.4. The molecule has 16 heteroatoms. The van der Waals surface area contributed by atoms with Gasteiger partial charge in [-0.25, -0.2) is 9.59 Å². The first-order chi connectivity index (χ1) is 24.7. The molecule has 10 nitrogen and oxygen atoms in total. The molecule has 0 saturated carbocycles. The number of carbonyl (C=O) groups excluding carboxylic acids is 3. The number of nitrogens with two attached hydrogens (primary N) is 1. The molecule has 6 rings (SSSR count). The maximum absolute atomic E-state index is 14.0. The average molecular weight is 738 g/mol. The van der Waals surface area contributed by atoms with Gasteiger partial charge < -0.3 is 36.4 Å². The molecule has 0 radical (unpaired) electrons. The molecule has 3 saturated heterocycles. The quantitative estimate of drug-likeness (QED) is 0.223. The van der Waals surface area contributed by atoms with Crippen molar-refractivity contribution in [3.8, 4) is 0 Å². The zero-order valence-electron chi connectivity index (χ0n) is 28.8. The molecule has 0 aromatic heterocycles. The lowest BCUT2D eigenvalue weighted by molar-refractivity contribution is -0.141. The van der Waals surface area contributed by atoms with Crippen molar-refractivity contribution in [2.75, 3.05) is 56.9 Å². The van der Waals surface area contributed by atoms with Crippen LogP contribution < -0.4 is 21.7 Å². The molecular weight excluding hydrogens is 692 g/mol. The number of nitrogens with one attached hydrogen (secondary N) is 3. The molecule has 52 heavy (non-hydrogen) atoms. The summed E-state index contributed by atoms with van der Waals surface area (Å²) >= 11 is 0. The Hall–Kier alpha value is -4.21. The van der Waals surface area contributed by atoms with Crippen LogP contribution in [0.5, 0.6) is 0 Å². The van der Waals surface area contributed by atoms with Gasteiger partial charge in [-0.15, -0.1) is 0 Å². The molecule has 284 valence electrons. The molecule has 1 atom stereocenters. The van der Waals surface area contributed by atoms with Crippen LogP contribution in [0.2, 0.25) is 0 Å². The lowest BCUT2D eigenvalue weighted by Gasteiger charge is -2.40. The van der Waals surface area contributed by atoms with Gasteiger partial charge in [0.05, 0.1) is 16.8 Å². The van der Waals surface area contributed by atoms with Crippen LogP contribution in [0, 0.1) is 11.8 Å². The zero-order chi connectivity index (χ0) is 37.2. The molecule has 4 aliphatic rings. The Balaban J connectivity index is 1.17. The molecule has 4 heterocycles. The Bertz CT molecular complexity index is 1580. The Morgan fingerprint density at radius 3 is 2.02 bits per heavy atom. The van der Waals surface area contributed by atoms with Gasteiger partial charge in [0.2, 0.25) is 5.91 Å². The number of urea groups is 2. The van der Waals surface area contributed by atoms with Crippen LogP contribution >= 0.6 is 0 Å². The average Bonchev–Trinajstić information content (AvgIpc) is 3.29. The van der Waals surface area contributed by atoms with E-state index in [4.69, 9.17) is 5.73 Å². The molecule has 4 aliphatic heterocycles. The van der Waals surface area contributed by atoms with Gasteiger partial charge in [0.25, 0.3) is 0 Å². The fourth-order valence-corrected chi connectivity index (χ4v) is 8.22. The number of halogens is 6. The number of amides is 5. The Kier molecular flexibility index (Phi) is 11.1. The highest BCUT2D eigenvalue weighted by atomic mass is 19.4. The van der Waals surface area contributed by atoms with Crippen molar-refractivity contribution in [1.82, 2.24) is 25.3 Å². The summed E-state index contributed by atoms with van der Waals surface area (Å²) in [5.41, 5.74) is 1.96. The summed E-state index contributed by atoms with van der Waals surface area (Å²) in [5.74, 6) is 0.359. The third kappa shape index (κ3) is 8.53. The summed E-state index contributed by atoms with van der Waals surface area (Å²) in [4.78, 5) is 45.5. The Labute approximate surface area is 298 Å². The van der Waals surface area contributed by atoms with E-state index in [0.29, 0.717) is 62.9 Å². The third-order valence-electron chi connectivity index (χ3n) is 11.1. The number of likely N-dealkylation sites (tertiary alicyclic amines) is 2. The van der Waals surface area contributed by atoms with E-state index < -0.39 is 59.1 Å². The van der Waals surface area contributed by atoms with Gasteiger partial charge in [0.1, 0.15) is 6.04 Å². The number of anilines is 2. The van der Waals surface area contributed by atoms with E-state index in [1.165, 1.54) is 4.90 Å². The van der Waals surface area contributed by atoms with Crippen molar-refractivity contribution in [2.45, 2.75) is 75.8 Å². The summed E-state index contributed by atoms with van der Waals surface area (Å²) < 4.78 is 83.3. The Morgan fingerprint density at radius 1 is 0.827 bits per heavy atom. The van der Waals surface area contributed by atoms with Crippen molar-refractivity contribution in [1.29, 1.82) is 0 Å². The van der Waals surface area contributed by atoms with Crippen LogP contribution in [0.3, 0.4) is 0 Å². The number of hydrogen-bond donors (Lipinski definition) is 4. The number of rotatable bonds is 6. The highest BCUT2D eigenvalue weighted by molar-refractivity contribution is 5.91. The van der Waals surface area contributed by atoms with E-state index in [1.54, 1.807) is 9.80 Å². The molecule has 0 unspecified atom stereocenters. The number of piperidine rings is 3. The number of benzene rings is 2. The number of para-hydroxylation sites is 1. The lowest BCUT2D eigenvalue weighted by atomic mass is 9.79. The molecule has 5 N–H and O–H groups in total. The topological polar surface area (TPSA) is 123 Å². The highest BCUT2D eigenvalue weighted by Gasteiger charge is 2.42.